The number of rotatable bonds is 5. The van der Waals surface area contributed by atoms with Crippen LogP contribution in [0.4, 0.5) is 14.5 Å². The van der Waals surface area contributed by atoms with Crippen molar-refractivity contribution in [2.75, 3.05) is 0 Å². The first-order valence-corrected chi connectivity index (χ1v) is 10.8. The Morgan fingerprint density at radius 1 is 1.00 bits per heavy atom. The summed E-state index contributed by atoms with van der Waals surface area (Å²) in [5, 5.41) is 12.1. The van der Waals surface area contributed by atoms with Gasteiger partial charge >= 0.3 is 0 Å². The Labute approximate surface area is 187 Å². The van der Waals surface area contributed by atoms with Crippen LogP contribution in [0.25, 0.3) is 16.5 Å². The van der Waals surface area contributed by atoms with E-state index in [1.54, 1.807) is 54.6 Å². The van der Waals surface area contributed by atoms with Gasteiger partial charge in [0.05, 0.1) is 16.9 Å². The number of benzene rings is 3. The van der Waals surface area contributed by atoms with E-state index in [2.05, 4.69) is 4.99 Å². The SMILES string of the molecule is Cc1ccc(-n2c(O)c(C=Nc3ccc(SC(F)F)cc3)c3ccccc3c2=O)c(C)c1. The van der Waals surface area contributed by atoms with Crippen molar-refractivity contribution in [2.45, 2.75) is 24.5 Å². The van der Waals surface area contributed by atoms with Crippen LogP contribution in [0.1, 0.15) is 16.7 Å². The zero-order valence-electron chi connectivity index (χ0n) is 17.4. The highest BCUT2D eigenvalue weighted by molar-refractivity contribution is 7.99. The van der Waals surface area contributed by atoms with Crippen LogP contribution in [0.15, 0.2) is 81.4 Å². The Bertz CT molecular complexity index is 1380. The van der Waals surface area contributed by atoms with E-state index in [9.17, 15) is 18.7 Å². The molecule has 0 aliphatic carbocycles. The van der Waals surface area contributed by atoms with Gasteiger partial charge in [0.2, 0.25) is 5.88 Å². The summed E-state index contributed by atoms with van der Waals surface area (Å²) in [4.78, 5) is 18.1. The maximum atomic E-state index is 13.2. The van der Waals surface area contributed by atoms with Gasteiger partial charge in [-0.15, -0.1) is 0 Å². The number of aliphatic imine (C=N–C) groups is 1. The number of fused-ring (bicyclic) bond motifs is 1. The fraction of sp³-hybridized carbons (Fsp3) is 0.120. The van der Waals surface area contributed by atoms with Crippen molar-refractivity contribution in [1.29, 1.82) is 0 Å². The van der Waals surface area contributed by atoms with Crippen LogP contribution in [0.5, 0.6) is 5.88 Å². The second-order valence-electron chi connectivity index (χ2n) is 7.34. The molecule has 0 saturated carbocycles. The highest BCUT2D eigenvalue weighted by atomic mass is 32.2. The summed E-state index contributed by atoms with van der Waals surface area (Å²) in [6, 6.07) is 19.1. The molecular weight excluding hydrogens is 430 g/mol. The van der Waals surface area contributed by atoms with E-state index in [1.807, 2.05) is 26.0 Å². The zero-order valence-corrected chi connectivity index (χ0v) is 18.2. The van der Waals surface area contributed by atoms with Gasteiger partial charge < -0.3 is 5.11 Å². The van der Waals surface area contributed by atoms with E-state index in [0.717, 1.165) is 11.1 Å². The lowest BCUT2D eigenvalue weighted by Crippen LogP contribution is -2.21. The molecule has 0 spiro atoms. The fourth-order valence-electron chi connectivity index (χ4n) is 3.62. The van der Waals surface area contributed by atoms with Crippen LogP contribution in [0.3, 0.4) is 0 Å². The minimum absolute atomic E-state index is 0.214. The van der Waals surface area contributed by atoms with E-state index in [4.69, 9.17) is 0 Å². The monoisotopic (exact) mass is 450 g/mol. The third-order valence-electron chi connectivity index (χ3n) is 5.10. The second kappa shape index (κ2) is 8.96. The average Bonchev–Trinajstić information content (AvgIpc) is 2.76. The van der Waals surface area contributed by atoms with Crippen molar-refractivity contribution in [3.8, 4) is 11.6 Å². The first-order valence-electron chi connectivity index (χ1n) is 9.88. The number of aromatic nitrogens is 1. The Balaban J connectivity index is 1.86. The van der Waals surface area contributed by atoms with Crippen LogP contribution < -0.4 is 5.56 Å². The molecule has 0 unspecified atom stereocenters. The second-order valence-corrected chi connectivity index (χ2v) is 8.41. The molecule has 1 N–H and O–H groups in total. The Hall–Kier alpha value is -3.45. The predicted octanol–water partition coefficient (Wildman–Crippen LogP) is 6.38. The molecule has 1 aromatic heterocycles. The molecule has 4 nitrogen and oxygen atoms in total. The normalized spacial score (nSPS) is 11.7. The number of aryl methyl sites for hydroxylation is 2. The van der Waals surface area contributed by atoms with Crippen molar-refractivity contribution < 1.29 is 13.9 Å². The van der Waals surface area contributed by atoms with E-state index in [1.165, 1.54) is 10.8 Å². The first-order chi connectivity index (χ1) is 15.3. The molecule has 0 aliphatic rings. The maximum Gasteiger partial charge on any atom is 0.288 e. The van der Waals surface area contributed by atoms with Crippen LogP contribution in [-0.2, 0) is 0 Å². The van der Waals surface area contributed by atoms with Crippen molar-refractivity contribution in [3.63, 3.8) is 0 Å². The Morgan fingerprint density at radius 3 is 2.34 bits per heavy atom. The maximum absolute atomic E-state index is 13.2. The number of nitrogens with zero attached hydrogens (tertiary/aromatic N) is 2. The molecule has 0 amide bonds. The minimum Gasteiger partial charge on any atom is -0.494 e. The number of halogens is 2. The highest BCUT2D eigenvalue weighted by Gasteiger charge is 2.17. The molecule has 0 atom stereocenters. The largest absolute Gasteiger partial charge is 0.494 e. The van der Waals surface area contributed by atoms with E-state index >= 15 is 0 Å². The molecule has 32 heavy (non-hydrogen) atoms. The number of pyridine rings is 1. The smallest absolute Gasteiger partial charge is 0.288 e. The Kier molecular flexibility index (Phi) is 6.10. The number of thioether (sulfide) groups is 1. The molecule has 162 valence electrons. The molecule has 3 aromatic carbocycles. The number of alkyl halides is 2. The summed E-state index contributed by atoms with van der Waals surface area (Å²) in [5.74, 6) is -2.70. The van der Waals surface area contributed by atoms with Crippen molar-refractivity contribution in [3.05, 3.63) is 93.8 Å². The molecule has 1 heterocycles. The first kappa shape index (κ1) is 21.8. The third kappa shape index (κ3) is 4.29. The van der Waals surface area contributed by atoms with Crippen molar-refractivity contribution >= 4 is 34.4 Å². The van der Waals surface area contributed by atoms with Crippen LogP contribution in [-0.4, -0.2) is 21.6 Å². The van der Waals surface area contributed by atoms with Crippen molar-refractivity contribution in [1.82, 2.24) is 4.57 Å². The summed E-state index contributed by atoms with van der Waals surface area (Å²) < 4.78 is 26.3. The molecule has 4 aromatic rings. The summed E-state index contributed by atoms with van der Waals surface area (Å²) in [6.45, 7) is 3.85. The van der Waals surface area contributed by atoms with Gasteiger partial charge in [-0.3, -0.25) is 9.79 Å². The van der Waals surface area contributed by atoms with Crippen LogP contribution in [0, 0.1) is 13.8 Å². The molecule has 0 radical (unpaired) electrons. The average molecular weight is 451 g/mol. The van der Waals surface area contributed by atoms with Gasteiger partial charge in [-0.25, -0.2) is 4.57 Å². The molecule has 0 aliphatic heterocycles. The predicted molar refractivity (Wildman–Crippen MR) is 126 cm³/mol. The fourth-order valence-corrected chi connectivity index (χ4v) is 4.12. The highest BCUT2D eigenvalue weighted by Crippen LogP contribution is 2.29. The quantitative estimate of drug-likeness (QED) is 0.284. The zero-order chi connectivity index (χ0) is 22.8. The van der Waals surface area contributed by atoms with E-state index < -0.39 is 5.76 Å². The number of hydrogen-bond acceptors (Lipinski definition) is 4. The van der Waals surface area contributed by atoms with E-state index in [-0.39, 0.29) is 11.4 Å². The van der Waals surface area contributed by atoms with Crippen LogP contribution in [0.2, 0.25) is 0 Å². The molecule has 0 bridgehead atoms. The number of hydrogen-bond donors (Lipinski definition) is 1. The number of aromatic hydroxyl groups is 1. The lowest BCUT2D eigenvalue weighted by molar-refractivity contribution is 0.252. The molecule has 0 saturated heterocycles. The Morgan fingerprint density at radius 2 is 1.69 bits per heavy atom. The standard InChI is InChI=1S/C25H20F2N2O2S/c1-15-7-12-22(16(2)13-15)29-23(30)20-6-4-3-5-19(20)21(24(29)31)14-28-17-8-10-18(11-9-17)32-25(26)27/h3-14,25,31H,1-2H3. The van der Waals surface area contributed by atoms with Crippen LogP contribution >= 0.6 is 11.8 Å². The van der Waals surface area contributed by atoms with Crippen molar-refractivity contribution in [2.24, 2.45) is 4.99 Å². The topological polar surface area (TPSA) is 54.6 Å². The third-order valence-corrected chi connectivity index (χ3v) is 5.82. The molecule has 4 rings (SSSR count). The lowest BCUT2D eigenvalue weighted by atomic mass is 10.1. The van der Waals surface area contributed by atoms with E-state index in [0.29, 0.717) is 44.4 Å². The molecule has 7 heteroatoms. The molecule has 0 fully saturated rings. The summed E-state index contributed by atoms with van der Waals surface area (Å²) in [5.41, 5.74) is 3.10. The van der Waals surface area contributed by atoms with Gasteiger partial charge in [-0.2, -0.15) is 8.78 Å². The van der Waals surface area contributed by atoms with Gasteiger partial charge in [-0.1, -0.05) is 47.7 Å². The van der Waals surface area contributed by atoms with Gasteiger partial charge in [0, 0.05) is 21.9 Å². The van der Waals surface area contributed by atoms with Gasteiger partial charge in [-0.05, 0) is 55.8 Å². The summed E-state index contributed by atoms with van der Waals surface area (Å²) in [6.07, 6.45) is 1.49. The van der Waals surface area contributed by atoms with Gasteiger partial charge in [0.25, 0.3) is 11.3 Å². The summed E-state index contributed by atoms with van der Waals surface area (Å²) in [7, 11) is 0. The minimum atomic E-state index is -2.49. The van der Waals surface area contributed by atoms with Gasteiger partial charge in [0.15, 0.2) is 0 Å². The molecular formula is C25H20F2N2O2S. The summed E-state index contributed by atoms with van der Waals surface area (Å²) >= 11 is 0.466. The van der Waals surface area contributed by atoms with Gasteiger partial charge in [0.1, 0.15) is 0 Å². The lowest BCUT2D eigenvalue weighted by Gasteiger charge is -2.16.